The molecule has 4 heterocycles. The molecule has 3 aliphatic rings. The summed E-state index contributed by atoms with van der Waals surface area (Å²) in [7, 11) is 0. The van der Waals surface area contributed by atoms with E-state index in [9.17, 15) is 5.11 Å². The quantitative estimate of drug-likeness (QED) is 0.576. The SMILES string of the molecule is Nc1ncnn2c(C3CCCN(CCO)C3)cc(C3=CC4=NN(Cc5ccccc5)CC4C=C3)c12. The van der Waals surface area contributed by atoms with E-state index in [0.717, 1.165) is 67.1 Å². The van der Waals surface area contributed by atoms with Gasteiger partial charge in [-0.25, -0.2) is 9.50 Å². The van der Waals surface area contributed by atoms with Crippen molar-refractivity contribution in [2.75, 3.05) is 38.5 Å². The van der Waals surface area contributed by atoms with Crippen molar-refractivity contribution < 1.29 is 5.11 Å². The molecule has 8 nitrogen and oxygen atoms in total. The van der Waals surface area contributed by atoms with Crippen LogP contribution in [-0.2, 0) is 6.54 Å². The average Bonchev–Trinajstić information content (AvgIpc) is 3.46. The van der Waals surface area contributed by atoms with Crippen molar-refractivity contribution in [3.8, 4) is 0 Å². The molecule has 8 heteroatoms. The van der Waals surface area contributed by atoms with Crippen LogP contribution in [-0.4, -0.2) is 68.1 Å². The normalized spacial score (nSPS) is 22.4. The first-order valence-corrected chi connectivity index (χ1v) is 12.4. The molecule has 1 aliphatic carbocycles. The fraction of sp³-hybridized carbons (Fsp3) is 0.370. The topological polar surface area (TPSA) is 95.3 Å². The van der Waals surface area contributed by atoms with Crippen LogP contribution >= 0.6 is 0 Å². The number of hydrogen-bond donors (Lipinski definition) is 2. The Balaban J connectivity index is 1.33. The first-order valence-electron chi connectivity index (χ1n) is 12.4. The number of aliphatic hydroxyl groups excluding tert-OH is 1. The number of nitrogens with two attached hydrogens (primary N) is 1. The second kappa shape index (κ2) is 9.28. The summed E-state index contributed by atoms with van der Waals surface area (Å²) in [5, 5.41) is 21.1. The van der Waals surface area contributed by atoms with Gasteiger partial charge in [-0.3, -0.25) is 5.01 Å². The van der Waals surface area contributed by atoms with Crippen LogP contribution in [0, 0.1) is 5.92 Å². The van der Waals surface area contributed by atoms with E-state index in [4.69, 9.17) is 10.8 Å². The van der Waals surface area contributed by atoms with Gasteiger partial charge in [-0.15, -0.1) is 0 Å². The predicted molar refractivity (Wildman–Crippen MR) is 138 cm³/mol. The zero-order valence-corrected chi connectivity index (χ0v) is 19.8. The van der Waals surface area contributed by atoms with E-state index in [1.54, 1.807) is 0 Å². The number of aliphatic hydroxyl groups is 1. The van der Waals surface area contributed by atoms with Crippen LogP contribution in [0.3, 0.4) is 0 Å². The second-order valence-corrected chi connectivity index (χ2v) is 9.67. The summed E-state index contributed by atoms with van der Waals surface area (Å²) in [6, 6.07) is 12.7. The van der Waals surface area contributed by atoms with Crippen molar-refractivity contribution in [1.82, 2.24) is 24.5 Å². The number of fused-ring (bicyclic) bond motifs is 2. The van der Waals surface area contributed by atoms with E-state index in [1.807, 2.05) is 10.6 Å². The van der Waals surface area contributed by atoms with E-state index in [2.05, 4.69) is 68.6 Å². The molecule has 35 heavy (non-hydrogen) atoms. The van der Waals surface area contributed by atoms with Gasteiger partial charge in [-0.05, 0) is 42.7 Å². The monoisotopic (exact) mass is 469 g/mol. The third-order valence-electron chi connectivity index (χ3n) is 7.32. The lowest BCUT2D eigenvalue weighted by Crippen LogP contribution is -2.36. The third kappa shape index (κ3) is 4.24. The maximum Gasteiger partial charge on any atom is 0.151 e. The summed E-state index contributed by atoms with van der Waals surface area (Å²) in [5.41, 5.74) is 12.9. The van der Waals surface area contributed by atoms with Gasteiger partial charge in [0.05, 0.1) is 18.9 Å². The molecule has 0 saturated carbocycles. The van der Waals surface area contributed by atoms with Crippen LogP contribution < -0.4 is 5.73 Å². The first kappa shape index (κ1) is 22.0. The molecule has 2 atom stereocenters. The molecule has 1 aromatic carbocycles. The highest BCUT2D eigenvalue weighted by Gasteiger charge is 2.29. The minimum absolute atomic E-state index is 0.185. The molecule has 0 spiro atoms. The van der Waals surface area contributed by atoms with Crippen LogP contribution in [0.4, 0.5) is 5.82 Å². The largest absolute Gasteiger partial charge is 0.395 e. The summed E-state index contributed by atoms with van der Waals surface area (Å²) in [5.74, 6) is 1.12. The van der Waals surface area contributed by atoms with Crippen molar-refractivity contribution in [1.29, 1.82) is 0 Å². The summed E-state index contributed by atoms with van der Waals surface area (Å²) in [4.78, 5) is 6.63. The molecule has 180 valence electrons. The lowest BCUT2D eigenvalue weighted by Gasteiger charge is -2.32. The number of aromatic nitrogens is 3. The lowest BCUT2D eigenvalue weighted by atomic mass is 9.91. The number of nitrogen functional groups attached to an aromatic ring is 1. The molecule has 0 bridgehead atoms. The maximum atomic E-state index is 9.42. The van der Waals surface area contributed by atoms with Gasteiger partial charge >= 0.3 is 0 Å². The minimum Gasteiger partial charge on any atom is -0.395 e. The van der Waals surface area contributed by atoms with Gasteiger partial charge < -0.3 is 15.7 Å². The molecule has 1 saturated heterocycles. The van der Waals surface area contributed by atoms with Gasteiger partial charge in [0.2, 0.25) is 0 Å². The Labute approximate surface area is 205 Å². The third-order valence-corrected chi connectivity index (χ3v) is 7.32. The number of β-amino-alcohol motifs (C(OH)–C–C–N with tert-alkyl or cyclic N) is 1. The highest BCUT2D eigenvalue weighted by atomic mass is 16.3. The van der Waals surface area contributed by atoms with Crippen LogP contribution in [0.1, 0.15) is 35.6 Å². The molecular weight excluding hydrogens is 438 g/mol. The highest BCUT2D eigenvalue weighted by Crippen LogP contribution is 2.36. The Morgan fingerprint density at radius 2 is 2.03 bits per heavy atom. The molecule has 3 N–H and O–H groups in total. The van der Waals surface area contributed by atoms with Gasteiger partial charge in [-0.1, -0.05) is 42.5 Å². The Kier molecular flexibility index (Phi) is 5.83. The van der Waals surface area contributed by atoms with Gasteiger partial charge in [0.15, 0.2) is 5.82 Å². The number of likely N-dealkylation sites (tertiary alicyclic amines) is 1. The van der Waals surface area contributed by atoms with Crippen LogP contribution in [0.15, 0.2) is 66.1 Å². The zero-order valence-electron chi connectivity index (χ0n) is 19.8. The number of anilines is 1. The number of nitrogens with zero attached hydrogens (tertiary/aromatic N) is 6. The fourth-order valence-corrected chi connectivity index (χ4v) is 5.63. The number of allylic oxidation sites excluding steroid dienone is 3. The Hall–Kier alpha value is -3.49. The summed E-state index contributed by atoms with van der Waals surface area (Å²) in [6.45, 7) is 4.53. The average molecular weight is 470 g/mol. The summed E-state index contributed by atoms with van der Waals surface area (Å²) >= 11 is 0. The van der Waals surface area contributed by atoms with E-state index >= 15 is 0 Å². The van der Waals surface area contributed by atoms with E-state index in [0.29, 0.717) is 24.2 Å². The fourth-order valence-electron chi connectivity index (χ4n) is 5.63. The van der Waals surface area contributed by atoms with E-state index in [-0.39, 0.29) is 6.61 Å². The molecule has 0 radical (unpaired) electrons. The predicted octanol–water partition coefficient (Wildman–Crippen LogP) is 2.92. The lowest BCUT2D eigenvalue weighted by molar-refractivity contribution is 0.160. The summed E-state index contributed by atoms with van der Waals surface area (Å²) < 4.78 is 1.98. The van der Waals surface area contributed by atoms with Gasteiger partial charge in [0.25, 0.3) is 0 Å². The van der Waals surface area contributed by atoms with Crippen molar-refractivity contribution in [2.24, 2.45) is 11.0 Å². The van der Waals surface area contributed by atoms with Gasteiger partial charge in [0.1, 0.15) is 11.8 Å². The van der Waals surface area contributed by atoms with E-state index in [1.165, 1.54) is 11.9 Å². The second-order valence-electron chi connectivity index (χ2n) is 9.67. The standard InChI is InChI=1S/C27H31N7O/c28-27-26-23(14-25(34(26)30-18-29-27)22-7-4-10-32(16-22)11-12-35)20-8-9-21-17-33(31-24(21)13-20)15-19-5-2-1-3-6-19/h1-3,5-6,8-9,13-14,18,21-22,35H,4,7,10-12,15-17H2,(H2,28,29,30). The molecule has 3 aromatic rings. The zero-order chi connectivity index (χ0) is 23.8. The number of hydrazone groups is 1. The molecule has 0 amide bonds. The number of hydrogen-bond acceptors (Lipinski definition) is 7. The van der Waals surface area contributed by atoms with Gasteiger partial charge in [0, 0.05) is 42.7 Å². The molecule has 2 aromatic heterocycles. The summed E-state index contributed by atoms with van der Waals surface area (Å²) in [6.07, 6.45) is 10.4. The minimum atomic E-state index is 0.185. The molecule has 2 unspecified atom stereocenters. The van der Waals surface area contributed by atoms with Crippen LogP contribution in [0.2, 0.25) is 0 Å². The Bertz CT molecular complexity index is 1310. The highest BCUT2D eigenvalue weighted by molar-refractivity contribution is 6.09. The van der Waals surface area contributed by atoms with Crippen LogP contribution in [0.5, 0.6) is 0 Å². The number of benzene rings is 1. The Morgan fingerprint density at radius 3 is 2.89 bits per heavy atom. The van der Waals surface area contributed by atoms with Crippen LogP contribution in [0.25, 0.3) is 11.1 Å². The van der Waals surface area contributed by atoms with Gasteiger partial charge in [-0.2, -0.15) is 10.2 Å². The number of rotatable bonds is 6. The smallest absolute Gasteiger partial charge is 0.151 e. The maximum absolute atomic E-state index is 9.42. The van der Waals surface area contributed by atoms with Crippen molar-refractivity contribution in [3.05, 3.63) is 77.8 Å². The van der Waals surface area contributed by atoms with Crippen molar-refractivity contribution in [3.63, 3.8) is 0 Å². The molecule has 6 rings (SSSR count). The van der Waals surface area contributed by atoms with E-state index < -0.39 is 0 Å². The number of piperidine rings is 1. The molecular formula is C27H31N7O. The first-order chi connectivity index (χ1) is 17.2. The van der Waals surface area contributed by atoms with Crippen molar-refractivity contribution in [2.45, 2.75) is 25.3 Å². The Morgan fingerprint density at radius 1 is 1.14 bits per heavy atom. The molecule has 1 fully saturated rings. The molecule has 2 aliphatic heterocycles. The van der Waals surface area contributed by atoms with Crippen molar-refractivity contribution >= 4 is 22.6 Å².